The molecule has 1 aliphatic heterocycles. The number of hydrogen-bond donors (Lipinski definition) is 1. The summed E-state index contributed by atoms with van der Waals surface area (Å²) < 4.78 is 2.10. The van der Waals surface area contributed by atoms with Gasteiger partial charge in [-0.05, 0) is 48.9 Å². The van der Waals surface area contributed by atoms with Crippen molar-refractivity contribution < 1.29 is 4.79 Å². The number of carbonyl (C=O) groups is 1. The average Bonchev–Trinajstić information content (AvgIpc) is 3.35. The minimum atomic E-state index is 0.0860. The number of nitrogens with two attached hydrogens (primary N) is 1. The number of anilines is 2. The van der Waals surface area contributed by atoms with Crippen LogP contribution in [-0.2, 0) is 24.3 Å². The van der Waals surface area contributed by atoms with Crippen molar-refractivity contribution in [2.75, 3.05) is 24.2 Å². The first-order chi connectivity index (χ1) is 15.5. The number of fused-ring (bicyclic) bond motifs is 2. The molecular formula is C26H27N5O. The lowest BCUT2D eigenvalue weighted by atomic mass is 10.0. The van der Waals surface area contributed by atoms with Crippen LogP contribution in [0.4, 0.5) is 11.4 Å². The number of amides is 1. The van der Waals surface area contributed by atoms with E-state index < -0.39 is 0 Å². The molecule has 2 aromatic heterocycles. The normalized spacial score (nSPS) is 13.2. The standard InChI is InChI=1S/C26H27N5O/c1-18(32)30-13-12-20-14-21(8-10-23(20)30)26-24(31-16-22(27)9-11-25(31)28-26)17-29(2)15-19-6-4-3-5-7-19/h3-11,14,16H,12-13,15,17,27H2,1-2H3. The van der Waals surface area contributed by atoms with Crippen LogP contribution in [0.25, 0.3) is 16.9 Å². The summed E-state index contributed by atoms with van der Waals surface area (Å²) in [6.45, 7) is 3.93. The van der Waals surface area contributed by atoms with E-state index >= 15 is 0 Å². The molecule has 3 heterocycles. The van der Waals surface area contributed by atoms with Gasteiger partial charge < -0.3 is 15.0 Å². The van der Waals surface area contributed by atoms with Crippen molar-refractivity contribution in [2.45, 2.75) is 26.4 Å². The van der Waals surface area contributed by atoms with E-state index in [4.69, 9.17) is 10.7 Å². The highest BCUT2D eigenvalue weighted by Crippen LogP contribution is 2.34. The van der Waals surface area contributed by atoms with E-state index in [1.165, 1.54) is 11.1 Å². The molecule has 6 nitrogen and oxygen atoms in total. The summed E-state index contributed by atoms with van der Waals surface area (Å²) in [5.74, 6) is 0.0860. The third-order valence-electron chi connectivity index (χ3n) is 6.08. The van der Waals surface area contributed by atoms with Crippen LogP contribution in [0.2, 0.25) is 0 Å². The van der Waals surface area contributed by atoms with Crippen LogP contribution in [0.15, 0.2) is 66.9 Å². The Hall–Kier alpha value is -3.64. The van der Waals surface area contributed by atoms with Crippen LogP contribution in [-0.4, -0.2) is 33.8 Å². The minimum Gasteiger partial charge on any atom is -0.398 e. The summed E-state index contributed by atoms with van der Waals surface area (Å²) >= 11 is 0. The first-order valence-electron chi connectivity index (χ1n) is 10.9. The van der Waals surface area contributed by atoms with Gasteiger partial charge in [-0.25, -0.2) is 4.98 Å². The molecule has 0 radical (unpaired) electrons. The Morgan fingerprint density at radius 3 is 2.69 bits per heavy atom. The van der Waals surface area contributed by atoms with Gasteiger partial charge in [0, 0.05) is 49.7 Å². The highest BCUT2D eigenvalue weighted by atomic mass is 16.2. The fourth-order valence-corrected chi connectivity index (χ4v) is 4.57. The summed E-state index contributed by atoms with van der Waals surface area (Å²) in [6.07, 6.45) is 2.81. The molecule has 5 rings (SSSR count). The molecule has 0 spiro atoms. The second-order valence-corrected chi connectivity index (χ2v) is 8.52. The first kappa shape index (κ1) is 20.3. The summed E-state index contributed by atoms with van der Waals surface area (Å²) in [7, 11) is 2.12. The van der Waals surface area contributed by atoms with Gasteiger partial charge in [-0.2, -0.15) is 0 Å². The van der Waals surface area contributed by atoms with Gasteiger partial charge in [0.2, 0.25) is 5.91 Å². The maximum atomic E-state index is 11.9. The highest BCUT2D eigenvalue weighted by molar-refractivity contribution is 5.94. The molecular weight excluding hydrogens is 398 g/mol. The zero-order valence-electron chi connectivity index (χ0n) is 18.5. The largest absolute Gasteiger partial charge is 0.398 e. The number of nitrogens with zero attached hydrogens (tertiary/aromatic N) is 4. The number of benzene rings is 2. The molecule has 32 heavy (non-hydrogen) atoms. The van der Waals surface area contributed by atoms with E-state index in [1.807, 2.05) is 29.3 Å². The van der Waals surface area contributed by atoms with Gasteiger partial charge in [-0.15, -0.1) is 0 Å². The summed E-state index contributed by atoms with van der Waals surface area (Å²) in [5.41, 5.74) is 14.3. The molecule has 2 N–H and O–H groups in total. The molecule has 1 amide bonds. The van der Waals surface area contributed by atoms with Crippen molar-refractivity contribution in [1.29, 1.82) is 0 Å². The van der Waals surface area contributed by atoms with Crippen molar-refractivity contribution >= 4 is 22.9 Å². The molecule has 0 bridgehead atoms. The van der Waals surface area contributed by atoms with Gasteiger partial charge in [0.05, 0.1) is 11.4 Å². The average molecular weight is 426 g/mol. The molecule has 0 saturated heterocycles. The molecule has 0 saturated carbocycles. The minimum absolute atomic E-state index is 0.0860. The third kappa shape index (κ3) is 3.74. The van der Waals surface area contributed by atoms with Crippen LogP contribution >= 0.6 is 0 Å². The van der Waals surface area contributed by atoms with E-state index in [1.54, 1.807) is 6.92 Å². The predicted octanol–water partition coefficient (Wildman–Crippen LogP) is 4.12. The van der Waals surface area contributed by atoms with Gasteiger partial charge in [0.25, 0.3) is 0 Å². The maximum Gasteiger partial charge on any atom is 0.223 e. The van der Waals surface area contributed by atoms with Gasteiger partial charge >= 0.3 is 0 Å². The molecule has 2 aromatic carbocycles. The second kappa shape index (κ2) is 8.13. The van der Waals surface area contributed by atoms with Gasteiger partial charge in [0.15, 0.2) is 0 Å². The molecule has 1 aliphatic rings. The Morgan fingerprint density at radius 1 is 1.09 bits per heavy atom. The zero-order valence-corrected chi connectivity index (χ0v) is 18.5. The summed E-state index contributed by atoms with van der Waals surface area (Å²) in [6, 6.07) is 20.6. The Labute approximate surface area is 187 Å². The zero-order chi connectivity index (χ0) is 22.2. The molecule has 162 valence electrons. The molecule has 0 fully saturated rings. The van der Waals surface area contributed by atoms with E-state index in [0.717, 1.165) is 54.3 Å². The Morgan fingerprint density at radius 2 is 1.91 bits per heavy atom. The van der Waals surface area contributed by atoms with Crippen LogP contribution in [0, 0.1) is 0 Å². The monoisotopic (exact) mass is 425 g/mol. The Balaban J connectivity index is 1.54. The molecule has 0 aliphatic carbocycles. The van der Waals surface area contributed by atoms with Gasteiger partial charge in [-0.1, -0.05) is 36.4 Å². The number of hydrogen-bond acceptors (Lipinski definition) is 4. The predicted molar refractivity (Wildman–Crippen MR) is 128 cm³/mol. The fraction of sp³-hybridized carbons (Fsp3) is 0.231. The SMILES string of the molecule is CC(=O)N1CCc2cc(-c3nc4ccc(N)cn4c3CN(C)Cc3ccccc3)ccc21. The van der Waals surface area contributed by atoms with Crippen molar-refractivity contribution in [1.82, 2.24) is 14.3 Å². The summed E-state index contributed by atoms with van der Waals surface area (Å²) in [5, 5.41) is 0. The van der Waals surface area contributed by atoms with E-state index in [2.05, 4.69) is 58.8 Å². The van der Waals surface area contributed by atoms with Gasteiger partial charge in [0.1, 0.15) is 5.65 Å². The lowest BCUT2D eigenvalue weighted by molar-refractivity contribution is -0.116. The number of nitrogen functional groups attached to an aromatic ring is 1. The van der Waals surface area contributed by atoms with Crippen LogP contribution in [0.3, 0.4) is 0 Å². The Bertz CT molecular complexity index is 1290. The number of carbonyl (C=O) groups excluding carboxylic acids is 1. The third-order valence-corrected chi connectivity index (χ3v) is 6.08. The van der Waals surface area contributed by atoms with E-state index in [0.29, 0.717) is 5.69 Å². The highest BCUT2D eigenvalue weighted by Gasteiger charge is 2.24. The summed E-state index contributed by atoms with van der Waals surface area (Å²) in [4.78, 5) is 21.0. The first-order valence-corrected chi connectivity index (χ1v) is 10.9. The molecule has 6 heteroatoms. The number of aromatic nitrogens is 2. The number of imidazole rings is 1. The molecule has 0 atom stereocenters. The Kier molecular flexibility index (Phi) is 5.15. The number of pyridine rings is 1. The van der Waals surface area contributed by atoms with Crippen molar-refractivity contribution in [2.24, 2.45) is 0 Å². The van der Waals surface area contributed by atoms with Gasteiger partial charge in [-0.3, -0.25) is 9.69 Å². The second-order valence-electron chi connectivity index (χ2n) is 8.52. The number of rotatable bonds is 5. The van der Waals surface area contributed by atoms with Crippen molar-refractivity contribution in [3.63, 3.8) is 0 Å². The molecule has 0 unspecified atom stereocenters. The van der Waals surface area contributed by atoms with Crippen LogP contribution in [0.5, 0.6) is 0 Å². The van der Waals surface area contributed by atoms with Crippen LogP contribution < -0.4 is 10.6 Å². The lowest BCUT2D eigenvalue weighted by Gasteiger charge is -2.18. The maximum absolute atomic E-state index is 11.9. The van der Waals surface area contributed by atoms with Crippen molar-refractivity contribution in [3.8, 4) is 11.3 Å². The quantitative estimate of drug-likeness (QED) is 0.522. The molecule has 4 aromatic rings. The smallest absolute Gasteiger partial charge is 0.223 e. The van der Waals surface area contributed by atoms with E-state index in [-0.39, 0.29) is 5.91 Å². The van der Waals surface area contributed by atoms with Crippen LogP contribution in [0.1, 0.15) is 23.7 Å². The topological polar surface area (TPSA) is 66.9 Å². The fourth-order valence-electron chi connectivity index (χ4n) is 4.57. The van der Waals surface area contributed by atoms with E-state index in [9.17, 15) is 4.79 Å². The lowest BCUT2D eigenvalue weighted by Crippen LogP contribution is -2.25. The van der Waals surface area contributed by atoms with Crippen molar-refractivity contribution in [3.05, 3.63) is 83.7 Å².